The van der Waals surface area contributed by atoms with Gasteiger partial charge in [0.25, 0.3) is 5.91 Å². The van der Waals surface area contributed by atoms with Crippen LogP contribution < -0.4 is 14.5 Å². The van der Waals surface area contributed by atoms with Gasteiger partial charge in [-0.25, -0.2) is 0 Å². The Morgan fingerprint density at radius 2 is 1.52 bits per heavy atom. The fraction of sp³-hybridized carbons (Fsp3) is 0.588. The van der Waals surface area contributed by atoms with Crippen LogP contribution in [0.3, 0.4) is 0 Å². The molecule has 0 spiro atoms. The monoisotopic (exact) mass is 547 g/mol. The van der Waals surface area contributed by atoms with E-state index in [2.05, 4.69) is 43.9 Å². The number of amides is 2. The van der Waals surface area contributed by atoms with Crippen molar-refractivity contribution in [3.05, 3.63) is 53.6 Å². The molecule has 0 unspecified atom stereocenters. The maximum Gasteiger partial charge on any atom is 0.257 e. The number of ether oxygens (including phenoxy) is 1. The number of rotatable bonds is 7. The third-order valence-electron chi connectivity index (χ3n) is 8.00. The predicted molar refractivity (Wildman–Crippen MR) is 164 cm³/mol. The number of hydrogen-bond donors (Lipinski definition) is 0. The molecule has 6 nitrogen and oxygen atoms in total. The summed E-state index contributed by atoms with van der Waals surface area (Å²) in [5, 5.41) is 0. The van der Waals surface area contributed by atoms with E-state index in [1.165, 1.54) is 12.8 Å². The largest absolute Gasteiger partial charge is 0.493 e. The first kappa shape index (κ1) is 30.0. The summed E-state index contributed by atoms with van der Waals surface area (Å²) in [5.74, 6) is 1.15. The maximum atomic E-state index is 14.4. The molecule has 6 heteroatoms. The van der Waals surface area contributed by atoms with Gasteiger partial charge in [0.2, 0.25) is 5.91 Å². The Balaban J connectivity index is 1.69. The molecule has 2 aliphatic rings. The summed E-state index contributed by atoms with van der Waals surface area (Å²) < 4.78 is 6.11. The zero-order valence-corrected chi connectivity index (χ0v) is 25.0. The topological polar surface area (TPSA) is 53.1 Å². The number of anilines is 2. The van der Waals surface area contributed by atoms with Gasteiger partial charge in [-0.1, -0.05) is 64.7 Å². The van der Waals surface area contributed by atoms with Crippen molar-refractivity contribution in [2.75, 3.05) is 42.6 Å². The van der Waals surface area contributed by atoms with E-state index in [4.69, 9.17) is 4.74 Å². The van der Waals surface area contributed by atoms with Crippen LogP contribution in [-0.2, 0) is 11.3 Å². The van der Waals surface area contributed by atoms with Gasteiger partial charge < -0.3 is 19.4 Å². The molecular weight excluding hydrogens is 498 g/mol. The van der Waals surface area contributed by atoms with E-state index in [0.717, 1.165) is 81.5 Å². The summed E-state index contributed by atoms with van der Waals surface area (Å²) >= 11 is 0. The molecule has 218 valence electrons. The summed E-state index contributed by atoms with van der Waals surface area (Å²) in [6.07, 6.45) is 10.3. The van der Waals surface area contributed by atoms with Gasteiger partial charge >= 0.3 is 0 Å². The second kappa shape index (κ2) is 15.1. The van der Waals surface area contributed by atoms with Gasteiger partial charge in [0.05, 0.1) is 12.2 Å². The van der Waals surface area contributed by atoms with Gasteiger partial charge in [-0.2, -0.15) is 0 Å². The third kappa shape index (κ3) is 8.02. The van der Waals surface area contributed by atoms with Crippen LogP contribution in [0.5, 0.6) is 5.75 Å². The fourth-order valence-corrected chi connectivity index (χ4v) is 5.85. The van der Waals surface area contributed by atoms with E-state index >= 15 is 0 Å². The first-order valence-electron chi connectivity index (χ1n) is 15.7. The molecular formula is C34H49N3O3. The van der Waals surface area contributed by atoms with Gasteiger partial charge in [-0.15, -0.1) is 0 Å². The third-order valence-corrected chi connectivity index (χ3v) is 8.00. The van der Waals surface area contributed by atoms with Crippen molar-refractivity contribution < 1.29 is 14.3 Å². The Kier molecular flexibility index (Phi) is 11.3. The molecule has 4 rings (SSSR count). The van der Waals surface area contributed by atoms with Gasteiger partial charge in [-0.05, 0) is 67.9 Å². The highest BCUT2D eigenvalue weighted by Gasteiger charge is 2.25. The molecule has 0 aliphatic carbocycles. The van der Waals surface area contributed by atoms with Crippen molar-refractivity contribution >= 4 is 23.2 Å². The van der Waals surface area contributed by atoms with Crippen LogP contribution in [0.4, 0.5) is 11.4 Å². The first-order chi connectivity index (χ1) is 19.5. The highest BCUT2D eigenvalue weighted by molar-refractivity contribution is 5.98. The Morgan fingerprint density at radius 1 is 0.850 bits per heavy atom. The van der Waals surface area contributed by atoms with Crippen molar-refractivity contribution in [1.29, 1.82) is 0 Å². The number of carbonyl (C=O) groups is 2. The summed E-state index contributed by atoms with van der Waals surface area (Å²) in [4.78, 5) is 34.1. The van der Waals surface area contributed by atoms with Crippen molar-refractivity contribution in [3.63, 3.8) is 0 Å². The van der Waals surface area contributed by atoms with Gasteiger partial charge in [-0.3, -0.25) is 9.59 Å². The molecule has 2 aliphatic heterocycles. The Hall–Kier alpha value is -3.02. The van der Waals surface area contributed by atoms with E-state index in [-0.39, 0.29) is 11.8 Å². The van der Waals surface area contributed by atoms with Crippen LogP contribution in [0.1, 0.15) is 101 Å². The minimum atomic E-state index is 0.0110. The molecule has 2 aromatic rings. The summed E-state index contributed by atoms with van der Waals surface area (Å²) in [5.41, 5.74) is 3.71. The highest BCUT2D eigenvalue weighted by Crippen LogP contribution is 2.31. The molecule has 0 bridgehead atoms. The van der Waals surface area contributed by atoms with E-state index in [0.29, 0.717) is 43.3 Å². The molecule has 0 atom stereocenters. The number of fused-ring (bicyclic) bond motifs is 1. The van der Waals surface area contributed by atoms with Crippen LogP contribution in [0.2, 0.25) is 0 Å². The zero-order valence-electron chi connectivity index (χ0n) is 25.0. The lowest BCUT2D eigenvalue weighted by atomic mass is 10.1. The second-order valence-electron chi connectivity index (χ2n) is 11.8. The molecule has 1 saturated heterocycles. The van der Waals surface area contributed by atoms with Crippen LogP contribution >= 0.6 is 0 Å². The molecule has 0 radical (unpaired) electrons. The number of para-hydroxylation sites is 1. The molecule has 2 amide bonds. The number of benzene rings is 2. The highest BCUT2D eigenvalue weighted by atomic mass is 16.5. The Labute approximate surface area is 241 Å². The fourth-order valence-electron chi connectivity index (χ4n) is 5.85. The van der Waals surface area contributed by atoms with Crippen LogP contribution in [0.25, 0.3) is 0 Å². The minimum Gasteiger partial charge on any atom is -0.493 e. The lowest BCUT2D eigenvalue weighted by molar-refractivity contribution is -0.119. The molecule has 2 heterocycles. The Bertz CT molecular complexity index is 1110. The molecule has 1 fully saturated rings. The number of nitrogens with zero attached hydrogens (tertiary/aromatic N) is 3. The first-order valence-corrected chi connectivity index (χ1v) is 15.7. The van der Waals surface area contributed by atoms with Gasteiger partial charge in [0.15, 0.2) is 0 Å². The lowest BCUT2D eigenvalue weighted by Crippen LogP contribution is -2.36. The second-order valence-corrected chi connectivity index (χ2v) is 11.8. The maximum absolute atomic E-state index is 14.4. The molecule has 2 aromatic carbocycles. The van der Waals surface area contributed by atoms with E-state index in [9.17, 15) is 9.59 Å². The van der Waals surface area contributed by atoms with E-state index in [1.54, 1.807) is 0 Å². The minimum absolute atomic E-state index is 0.0110. The van der Waals surface area contributed by atoms with Crippen LogP contribution in [0.15, 0.2) is 42.5 Å². The van der Waals surface area contributed by atoms with Crippen molar-refractivity contribution in [3.8, 4) is 5.75 Å². The average molecular weight is 548 g/mol. The summed E-state index contributed by atoms with van der Waals surface area (Å²) in [6.45, 7) is 10.8. The van der Waals surface area contributed by atoms with Gasteiger partial charge in [0.1, 0.15) is 5.75 Å². The number of hydrogen-bond acceptors (Lipinski definition) is 4. The van der Waals surface area contributed by atoms with E-state index in [1.807, 2.05) is 34.1 Å². The quantitative estimate of drug-likeness (QED) is 0.361. The molecule has 0 N–H and O–H groups in total. The number of carbonyl (C=O) groups excluding carboxylic acids is 2. The molecule has 40 heavy (non-hydrogen) atoms. The SMILES string of the molecule is CCCOc1ccc(N2CCCC2)cc1C(=O)N1CCCCCCCCN(C(=O)CC(C)C)c2ccccc2C1. The zero-order chi connectivity index (χ0) is 28.3. The van der Waals surface area contributed by atoms with Crippen LogP contribution in [0, 0.1) is 5.92 Å². The van der Waals surface area contributed by atoms with Crippen molar-refractivity contribution in [1.82, 2.24) is 4.90 Å². The summed E-state index contributed by atoms with van der Waals surface area (Å²) in [7, 11) is 0. The molecule has 0 aromatic heterocycles. The van der Waals surface area contributed by atoms with E-state index < -0.39 is 0 Å². The van der Waals surface area contributed by atoms with Crippen LogP contribution in [-0.4, -0.2) is 49.5 Å². The normalized spacial score (nSPS) is 17.1. The summed E-state index contributed by atoms with van der Waals surface area (Å²) in [6, 6.07) is 14.3. The standard InChI is InChI=1S/C34H49N3O3/c1-4-23-40-32-18-17-29(35-19-13-14-20-35)25-30(32)34(39)36-21-11-7-5-6-8-12-22-37(33(38)24-27(2)3)31-16-10-9-15-28(31)26-36/h9-10,15-18,25,27H,4-8,11-14,19-24,26H2,1-3H3. The smallest absolute Gasteiger partial charge is 0.257 e. The average Bonchev–Trinajstić information content (AvgIpc) is 3.49. The van der Waals surface area contributed by atoms with Gasteiger partial charge in [0, 0.05) is 50.5 Å². The lowest BCUT2D eigenvalue weighted by Gasteiger charge is -2.29. The Morgan fingerprint density at radius 3 is 2.25 bits per heavy atom. The van der Waals surface area contributed by atoms with Crippen molar-refractivity contribution in [2.45, 2.75) is 91.5 Å². The predicted octanol–water partition coefficient (Wildman–Crippen LogP) is 7.45. The molecule has 0 saturated carbocycles. The van der Waals surface area contributed by atoms with Crippen molar-refractivity contribution in [2.24, 2.45) is 5.92 Å².